The van der Waals surface area contributed by atoms with E-state index < -0.39 is 0 Å². The number of unbranched alkanes of at least 4 members (excludes halogenated alkanes) is 1. The van der Waals surface area contributed by atoms with E-state index in [-0.39, 0.29) is 18.2 Å². The van der Waals surface area contributed by atoms with Crippen LogP contribution in [0.3, 0.4) is 0 Å². The number of nitrogens with zero attached hydrogens (tertiary/aromatic N) is 3. The van der Waals surface area contributed by atoms with Crippen molar-refractivity contribution in [1.82, 2.24) is 4.90 Å². The van der Waals surface area contributed by atoms with E-state index in [2.05, 4.69) is 42.2 Å². The van der Waals surface area contributed by atoms with E-state index in [1.54, 1.807) is 16.7 Å². The Balaban J connectivity index is 1.32. The third-order valence-corrected chi connectivity index (χ3v) is 8.08. The van der Waals surface area contributed by atoms with Crippen molar-refractivity contribution in [3.8, 4) is 11.8 Å². The average molecular weight is 510 g/mol. The molecular weight excluding hydrogens is 478 g/mol. The number of aryl methyl sites for hydroxylation is 1. The Morgan fingerprint density at radius 1 is 1.03 bits per heavy atom. The van der Waals surface area contributed by atoms with Gasteiger partial charge in [0.25, 0.3) is 0 Å². The summed E-state index contributed by atoms with van der Waals surface area (Å²) in [7, 11) is 0. The fraction of sp³-hybridized carbons (Fsp3) is 0.290. The van der Waals surface area contributed by atoms with E-state index in [4.69, 9.17) is 4.74 Å². The Bertz CT molecular complexity index is 1310. The molecular formula is C31H31N3O2S. The fourth-order valence-electron chi connectivity index (χ4n) is 4.83. The number of nitriles is 1. The highest BCUT2D eigenvalue weighted by molar-refractivity contribution is 8.03. The zero-order valence-corrected chi connectivity index (χ0v) is 21.9. The number of benzene rings is 3. The summed E-state index contributed by atoms with van der Waals surface area (Å²) < 4.78 is 6.01. The van der Waals surface area contributed by atoms with Gasteiger partial charge in [-0.1, -0.05) is 79.7 Å². The van der Waals surface area contributed by atoms with Crippen LogP contribution in [-0.4, -0.2) is 23.4 Å². The highest BCUT2D eigenvalue weighted by Gasteiger charge is 2.38. The van der Waals surface area contributed by atoms with E-state index in [0.717, 1.165) is 34.0 Å². The van der Waals surface area contributed by atoms with Gasteiger partial charge in [-0.15, -0.1) is 0 Å². The lowest BCUT2D eigenvalue weighted by molar-refractivity contribution is -0.129. The molecule has 1 saturated heterocycles. The molecule has 188 valence electrons. The predicted octanol–water partition coefficient (Wildman–Crippen LogP) is 6.83. The first-order valence-electron chi connectivity index (χ1n) is 12.8. The van der Waals surface area contributed by atoms with Crippen LogP contribution in [0, 0.1) is 11.3 Å². The van der Waals surface area contributed by atoms with Crippen molar-refractivity contribution in [2.45, 2.75) is 45.1 Å². The van der Waals surface area contributed by atoms with Crippen molar-refractivity contribution < 1.29 is 9.53 Å². The molecule has 0 unspecified atom stereocenters. The van der Waals surface area contributed by atoms with Gasteiger partial charge in [-0.25, -0.2) is 0 Å². The summed E-state index contributed by atoms with van der Waals surface area (Å²) in [6.07, 6.45) is 3.74. The van der Waals surface area contributed by atoms with Gasteiger partial charge in [-0.2, -0.15) is 5.26 Å². The van der Waals surface area contributed by atoms with Crippen LogP contribution in [0.25, 0.3) is 0 Å². The molecule has 3 aromatic carbocycles. The third kappa shape index (κ3) is 5.68. The van der Waals surface area contributed by atoms with Crippen molar-refractivity contribution in [2.24, 2.45) is 0 Å². The van der Waals surface area contributed by atoms with Crippen LogP contribution >= 0.6 is 11.8 Å². The molecule has 1 atom stereocenters. The summed E-state index contributed by atoms with van der Waals surface area (Å²) in [5.74, 6) is 1.22. The molecule has 0 aromatic heterocycles. The molecule has 2 aliphatic heterocycles. The van der Waals surface area contributed by atoms with E-state index in [9.17, 15) is 10.1 Å². The average Bonchev–Trinajstić information content (AvgIpc) is 2.96. The summed E-state index contributed by atoms with van der Waals surface area (Å²) >= 11 is 1.57. The van der Waals surface area contributed by atoms with E-state index in [0.29, 0.717) is 24.7 Å². The summed E-state index contributed by atoms with van der Waals surface area (Å²) in [5, 5.41) is 10.9. The number of hydrogen-bond donors (Lipinski definition) is 0. The van der Waals surface area contributed by atoms with E-state index in [1.165, 1.54) is 18.4 Å². The quantitative estimate of drug-likeness (QED) is 0.333. The number of fused-ring (bicyclic) bond motifs is 1. The van der Waals surface area contributed by atoms with Gasteiger partial charge in [0, 0.05) is 18.0 Å². The summed E-state index contributed by atoms with van der Waals surface area (Å²) in [4.78, 5) is 17.3. The maximum atomic E-state index is 13.3. The van der Waals surface area contributed by atoms with Gasteiger partial charge in [0.1, 0.15) is 12.4 Å². The number of rotatable bonds is 8. The first-order chi connectivity index (χ1) is 18.2. The molecule has 1 amide bonds. The van der Waals surface area contributed by atoms with Crippen LogP contribution in [0.1, 0.15) is 48.8 Å². The van der Waals surface area contributed by atoms with Gasteiger partial charge < -0.3 is 9.64 Å². The number of allylic oxidation sites excluding steroid dienone is 1. The minimum absolute atomic E-state index is 0.0476. The summed E-state index contributed by atoms with van der Waals surface area (Å²) in [6, 6.07) is 28.9. The number of amides is 1. The van der Waals surface area contributed by atoms with Gasteiger partial charge in [-0.3, -0.25) is 9.69 Å². The molecule has 5 nitrogen and oxygen atoms in total. The highest BCUT2D eigenvalue weighted by atomic mass is 32.2. The van der Waals surface area contributed by atoms with Crippen molar-refractivity contribution in [2.75, 3.05) is 17.4 Å². The predicted molar refractivity (Wildman–Crippen MR) is 149 cm³/mol. The third-order valence-electron chi connectivity index (χ3n) is 6.92. The molecule has 5 rings (SSSR count). The minimum Gasteiger partial charge on any atom is -0.489 e. The SMILES string of the molecule is CCCCc1ccc(N2CSC3=C(C#N)[C@H](c4cccc(OCc5ccccc5)c4)CC(=O)N3C2)cc1. The molecule has 6 heteroatoms. The van der Waals surface area contributed by atoms with Gasteiger partial charge in [0.15, 0.2) is 0 Å². The molecule has 0 radical (unpaired) electrons. The number of anilines is 1. The topological polar surface area (TPSA) is 56.6 Å². The second-order valence-electron chi connectivity index (χ2n) is 9.48. The Kier molecular flexibility index (Phi) is 7.82. The highest BCUT2D eigenvalue weighted by Crippen LogP contribution is 2.43. The van der Waals surface area contributed by atoms with Crippen molar-refractivity contribution in [3.63, 3.8) is 0 Å². The number of carbonyl (C=O) groups excluding carboxylic acids is 1. The molecule has 1 fully saturated rings. The van der Waals surface area contributed by atoms with Crippen LogP contribution < -0.4 is 9.64 Å². The van der Waals surface area contributed by atoms with Crippen LogP contribution in [-0.2, 0) is 17.8 Å². The Labute approximate surface area is 223 Å². The van der Waals surface area contributed by atoms with Crippen molar-refractivity contribution in [1.29, 1.82) is 5.26 Å². The number of thioether (sulfide) groups is 1. The molecule has 0 spiro atoms. The molecule has 37 heavy (non-hydrogen) atoms. The van der Waals surface area contributed by atoms with Crippen molar-refractivity contribution >= 4 is 23.4 Å². The molecule has 2 heterocycles. The summed E-state index contributed by atoms with van der Waals surface area (Å²) in [6.45, 7) is 3.14. The largest absolute Gasteiger partial charge is 0.489 e. The number of ether oxygens (including phenoxy) is 1. The molecule has 0 bridgehead atoms. The summed E-state index contributed by atoms with van der Waals surface area (Å²) in [5.41, 5.74) is 5.14. The molecule has 0 N–H and O–H groups in total. The Morgan fingerprint density at radius 2 is 1.84 bits per heavy atom. The zero-order chi connectivity index (χ0) is 25.6. The Morgan fingerprint density at radius 3 is 2.59 bits per heavy atom. The maximum absolute atomic E-state index is 13.3. The van der Waals surface area contributed by atoms with Crippen LogP contribution in [0.2, 0.25) is 0 Å². The van der Waals surface area contributed by atoms with Gasteiger partial charge in [0.2, 0.25) is 5.91 Å². The smallest absolute Gasteiger partial charge is 0.229 e. The minimum atomic E-state index is -0.263. The maximum Gasteiger partial charge on any atom is 0.229 e. The first-order valence-corrected chi connectivity index (χ1v) is 13.8. The molecule has 2 aliphatic rings. The first kappa shape index (κ1) is 25.0. The normalized spacial score (nSPS) is 17.4. The fourth-order valence-corrected chi connectivity index (χ4v) is 5.99. The molecule has 0 saturated carbocycles. The van der Waals surface area contributed by atoms with E-state index in [1.807, 2.05) is 54.6 Å². The second kappa shape index (κ2) is 11.6. The van der Waals surface area contributed by atoms with Gasteiger partial charge in [0.05, 0.1) is 29.2 Å². The van der Waals surface area contributed by atoms with Crippen molar-refractivity contribution in [3.05, 3.63) is 106 Å². The van der Waals surface area contributed by atoms with Gasteiger partial charge in [-0.05, 0) is 53.8 Å². The monoisotopic (exact) mass is 509 g/mol. The lowest BCUT2D eigenvalue weighted by Gasteiger charge is -2.42. The molecule has 0 aliphatic carbocycles. The number of carbonyl (C=O) groups is 1. The van der Waals surface area contributed by atoms with E-state index >= 15 is 0 Å². The van der Waals surface area contributed by atoms with Crippen LogP contribution in [0.15, 0.2) is 89.5 Å². The Hall–Kier alpha value is -3.69. The van der Waals surface area contributed by atoms with Gasteiger partial charge >= 0.3 is 0 Å². The second-order valence-corrected chi connectivity index (χ2v) is 10.4. The zero-order valence-electron chi connectivity index (χ0n) is 21.1. The lowest BCUT2D eigenvalue weighted by atomic mass is 9.86. The molecule has 3 aromatic rings. The standard InChI is InChI=1S/C31H31N3O2S/c1-2-3-8-23-13-15-26(16-14-23)33-21-34-30(35)18-28(29(19-32)31(34)37-22-33)25-11-7-12-27(17-25)36-20-24-9-5-4-6-10-24/h4-7,9-17,28H,2-3,8,18,20-22H2,1H3/t28-/m0/s1. The lowest BCUT2D eigenvalue weighted by Crippen LogP contribution is -2.47. The van der Waals surface area contributed by atoms with Crippen LogP contribution in [0.4, 0.5) is 5.69 Å². The number of hydrogen-bond acceptors (Lipinski definition) is 5. The van der Waals surface area contributed by atoms with Crippen LogP contribution in [0.5, 0.6) is 5.75 Å².